The Labute approximate surface area is 143 Å². The van der Waals surface area contributed by atoms with Crippen molar-refractivity contribution in [1.29, 1.82) is 0 Å². The minimum absolute atomic E-state index is 0.0861. The van der Waals surface area contributed by atoms with Crippen LogP contribution in [0.5, 0.6) is 0 Å². The summed E-state index contributed by atoms with van der Waals surface area (Å²) in [6.07, 6.45) is -0.569. The molecule has 0 unspecified atom stereocenters. The highest BCUT2D eigenvalue weighted by atomic mass is 79.9. The van der Waals surface area contributed by atoms with Gasteiger partial charge in [0.15, 0.2) is 0 Å². The minimum Gasteiger partial charge on any atom is -0.478 e. The Morgan fingerprint density at radius 1 is 1.39 bits per heavy atom. The van der Waals surface area contributed by atoms with Crippen molar-refractivity contribution in [1.82, 2.24) is 9.88 Å². The maximum Gasteiger partial charge on any atom is 0.410 e. The van der Waals surface area contributed by atoms with Gasteiger partial charge in [0, 0.05) is 11.0 Å². The summed E-state index contributed by atoms with van der Waals surface area (Å²) >= 11 is 3.27. The van der Waals surface area contributed by atoms with Gasteiger partial charge in [-0.05, 0) is 49.7 Å². The summed E-state index contributed by atoms with van der Waals surface area (Å²) in [5.41, 5.74) is 0.278. The zero-order valence-corrected chi connectivity index (χ0v) is 15.2. The maximum atomic E-state index is 12.2. The van der Waals surface area contributed by atoms with Gasteiger partial charge in [-0.25, -0.2) is 9.59 Å². The molecule has 0 saturated carbocycles. The van der Waals surface area contributed by atoms with Gasteiger partial charge in [-0.15, -0.1) is 0 Å². The van der Waals surface area contributed by atoms with E-state index in [1.807, 2.05) is 0 Å². The second kappa shape index (κ2) is 7.74. The number of nitrogens with zero attached hydrogens (tertiary/aromatic N) is 2. The number of hydrogen-bond acceptors (Lipinski definition) is 5. The third kappa shape index (κ3) is 5.80. The molecule has 0 radical (unpaired) electrons. The van der Waals surface area contributed by atoms with E-state index in [1.54, 1.807) is 27.7 Å². The lowest BCUT2D eigenvalue weighted by atomic mass is 10.2. The van der Waals surface area contributed by atoms with Crippen LogP contribution in [0, 0.1) is 6.92 Å². The molecular weight excluding hydrogens is 368 g/mol. The van der Waals surface area contributed by atoms with Crippen molar-refractivity contribution in [3.63, 3.8) is 0 Å². The SMILES string of the molecule is Cc1nc(CN(CCO)C(=O)OC(C)(C)C)c(Br)cc1C(=O)O. The molecule has 0 aliphatic heterocycles. The molecular formula is C15H21BrN2O5. The number of aliphatic hydroxyl groups is 1. The van der Waals surface area contributed by atoms with Crippen LogP contribution in [0.2, 0.25) is 0 Å². The van der Waals surface area contributed by atoms with E-state index in [2.05, 4.69) is 20.9 Å². The van der Waals surface area contributed by atoms with E-state index in [-0.39, 0.29) is 25.3 Å². The number of aryl methyl sites for hydroxylation is 1. The molecule has 0 aromatic carbocycles. The molecule has 1 heterocycles. The van der Waals surface area contributed by atoms with Gasteiger partial charge in [-0.2, -0.15) is 0 Å². The molecule has 0 fully saturated rings. The average molecular weight is 389 g/mol. The number of carboxylic acids is 1. The number of aliphatic hydroxyl groups excluding tert-OH is 1. The number of hydrogen-bond donors (Lipinski definition) is 2. The molecule has 1 aromatic heterocycles. The van der Waals surface area contributed by atoms with Crippen LogP contribution in [0.1, 0.15) is 42.5 Å². The molecule has 128 valence electrons. The standard InChI is InChI=1S/C15H21BrN2O5/c1-9-10(13(20)21)7-11(16)12(17-9)8-18(5-6-19)14(22)23-15(2,3)4/h7,19H,5-6,8H2,1-4H3,(H,20,21). The Hall–Kier alpha value is -1.67. The molecule has 0 saturated heterocycles. The first kappa shape index (κ1) is 19.4. The van der Waals surface area contributed by atoms with E-state index in [1.165, 1.54) is 11.0 Å². The second-order valence-electron chi connectivity index (χ2n) is 5.98. The first-order valence-electron chi connectivity index (χ1n) is 7.03. The smallest absolute Gasteiger partial charge is 0.410 e. The topological polar surface area (TPSA) is 100.0 Å². The number of halogens is 1. The summed E-state index contributed by atoms with van der Waals surface area (Å²) in [6, 6.07) is 1.45. The number of carbonyl (C=O) groups is 2. The molecule has 0 atom stereocenters. The fourth-order valence-corrected chi connectivity index (χ4v) is 2.26. The third-order valence-corrected chi connectivity index (χ3v) is 3.52. The van der Waals surface area contributed by atoms with Crippen molar-refractivity contribution >= 4 is 28.0 Å². The highest BCUT2D eigenvalue weighted by Gasteiger charge is 2.23. The van der Waals surface area contributed by atoms with Crippen molar-refractivity contribution in [2.45, 2.75) is 39.8 Å². The van der Waals surface area contributed by atoms with E-state index in [0.717, 1.165) is 0 Å². The van der Waals surface area contributed by atoms with Crippen LogP contribution >= 0.6 is 15.9 Å². The van der Waals surface area contributed by atoms with Gasteiger partial charge in [0.2, 0.25) is 0 Å². The fraction of sp³-hybridized carbons (Fsp3) is 0.533. The van der Waals surface area contributed by atoms with Crippen molar-refractivity contribution < 1.29 is 24.5 Å². The predicted molar refractivity (Wildman–Crippen MR) is 87.4 cm³/mol. The fourth-order valence-electron chi connectivity index (χ4n) is 1.82. The number of amides is 1. The number of aromatic nitrogens is 1. The Bertz CT molecular complexity index is 598. The van der Waals surface area contributed by atoms with Crippen LogP contribution in [0.25, 0.3) is 0 Å². The molecule has 8 heteroatoms. The summed E-state index contributed by atoms with van der Waals surface area (Å²) in [5, 5.41) is 18.2. The second-order valence-corrected chi connectivity index (χ2v) is 6.83. The van der Waals surface area contributed by atoms with Gasteiger partial charge in [0.25, 0.3) is 0 Å². The summed E-state index contributed by atoms with van der Waals surface area (Å²) in [5.74, 6) is -1.07. The van der Waals surface area contributed by atoms with Gasteiger partial charge in [0.1, 0.15) is 5.60 Å². The van der Waals surface area contributed by atoms with Crippen LogP contribution in [-0.2, 0) is 11.3 Å². The summed E-state index contributed by atoms with van der Waals surface area (Å²) in [6.45, 7) is 6.80. The van der Waals surface area contributed by atoms with Crippen molar-refractivity contribution in [2.75, 3.05) is 13.2 Å². The molecule has 0 aliphatic carbocycles. The lowest BCUT2D eigenvalue weighted by Crippen LogP contribution is -2.38. The number of rotatable bonds is 5. The summed E-state index contributed by atoms with van der Waals surface area (Å²) in [4.78, 5) is 28.8. The van der Waals surface area contributed by atoms with E-state index >= 15 is 0 Å². The first-order valence-corrected chi connectivity index (χ1v) is 7.82. The molecule has 7 nitrogen and oxygen atoms in total. The largest absolute Gasteiger partial charge is 0.478 e. The first-order chi connectivity index (χ1) is 10.5. The highest BCUT2D eigenvalue weighted by Crippen LogP contribution is 2.21. The molecule has 0 bridgehead atoms. The Morgan fingerprint density at radius 2 is 2.00 bits per heavy atom. The Balaban J connectivity index is 3.03. The molecule has 0 aliphatic rings. The van der Waals surface area contributed by atoms with Crippen molar-refractivity contribution in [3.05, 3.63) is 27.5 Å². The van der Waals surface area contributed by atoms with Crippen LogP contribution in [0.3, 0.4) is 0 Å². The quantitative estimate of drug-likeness (QED) is 0.803. The highest BCUT2D eigenvalue weighted by molar-refractivity contribution is 9.10. The lowest BCUT2D eigenvalue weighted by Gasteiger charge is -2.27. The van der Waals surface area contributed by atoms with Gasteiger partial charge >= 0.3 is 12.1 Å². The van der Waals surface area contributed by atoms with Gasteiger partial charge in [0.05, 0.1) is 30.1 Å². The number of carbonyl (C=O) groups excluding carboxylic acids is 1. The van der Waals surface area contributed by atoms with Gasteiger partial charge in [-0.3, -0.25) is 9.88 Å². The van der Waals surface area contributed by atoms with E-state index in [4.69, 9.17) is 14.9 Å². The Morgan fingerprint density at radius 3 is 2.48 bits per heavy atom. The van der Waals surface area contributed by atoms with Crippen molar-refractivity contribution in [3.8, 4) is 0 Å². The van der Waals surface area contributed by atoms with Crippen molar-refractivity contribution in [2.24, 2.45) is 0 Å². The molecule has 1 aromatic rings. The number of carboxylic acid groups (broad SMARTS) is 1. The van der Waals surface area contributed by atoms with Gasteiger partial charge < -0.3 is 14.9 Å². The molecule has 1 rings (SSSR count). The van der Waals surface area contributed by atoms with E-state index in [9.17, 15) is 9.59 Å². The monoisotopic (exact) mass is 388 g/mol. The molecule has 23 heavy (non-hydrogen) atoms. The number of ether oxygens (including phenoxy) is 1. The van der Waals surface area contributed by atoms with Gasteiger partial charge in [-0.1, -0.05) is 0 Å². The molecule has 2 N–H and O–H groups in total. The van der Waals surface area contributed by atoms with Crippen LogP contribution in [0.4, 0.5) is 4.79 Å². The third-order valence-electron chi connectivity index (χ3n) is 2.83. The van der Waals surface area contributed by atoms with Crippen LogP contribution in [0.15, 0.2) is 10.5 Å². The minimum atomic E-state index is -1.07. The number of pyridine rings is 1. The summed E-state index contributed by atoms with van der Waals surface area (Å²) in [7, 11) is 0. The van der Waals surface area contributed by atoms with E-state index in [0.29, 0.717) is 15.9 Å². The number of aromatic carboxylic acids is 1. The predicted octanol–water partition coefficient (Wildman–Crippen LogP) is 2.58. The summed E-state index contributed by atoms with van der Waals surface area (Å²) < 4.78 is 5.77. The normalized spacial score (nSPS) is 11.2. The lowest BCUT2D eigenvalue weighted by molar-refractivity contribution is 0.0198. The van der Waals surface area contributed by atoms with E-state index < -0.39 is 17.7 Å². The zero-order valence-electron chi connectivity index (χ0n) is 13.6. The van der Waals surface area contributed by atoms with Crippen LogP contribution < -0.4 is 0 Å². The molecule has 1 amide bonds. The Kier molecular flexibility index (Phi) is 6.52. The average Bonchev–Trinajstić information content (AvgIpc) is 2.39. The molecule has 0 spiro atoms. The van der Waals surface area contributed by atoms with Crippen LogP contribution in [-0.4, -0.2) is 50.9 Å². The zero-order chi connectivity index (χ0) is 17.8. The maximum absolute atomic E-state index is 12.2.